The summed E-state index contributed by atoms with van der Waals surface area (Å²) >= 11 is 6.18. The maximum atomic E-state index is 6.18. The van der Waals surface area contributed by atoms with Gasteiger partial charge in [0.2, 0.25) is 0 Å². The predicted molar refractivity (Wildman–Crippen MR) is 94.7 cm³/mol. The minimum atomic E-state index is 0.297. The standard InChI is InChI=1S/C17H22ClN5/c1-12-4-6-13(7-5-12)14(23-8-2-3-9-23)10-20-17-15(18)16(19)21-11-22-17/h4-7,11,14H,2-3,8-10H2,1H3,(H3,19,20,21,22). The molecule has 2 heterocycles. The van der Waals surface area contributed by atoms with E-state index in [1.807, 2.05) is 0 Å². The Labute approximate surface area is 141 Å². The highest BCUT2D eigenvalue weighted by atomic mass is 35.5. The molecule has 1 unspecified atom stereocenters. The van der Waals surface area contributed by atoms with Gasteiger partial charge in [-0.15, -0.1) is 0 Å². The third kappa shape index (κ3) is 3.74. The average molecular weight is 332 g/mol. The van der Waals surface area contributed by atoms with E-state index in [9.17, 15) is 0 Å². The van der Waals surface area contributed by atoms with Crippen LogP contribution in [-0.2, 0) is 0 Å². The van der Waals surface area contributed by atoms with Crippen LogP contribution < -0.4 is 11.1 Å². The van der Waals surface area contributed by atoms with E-state index in [-0.39, 0.29) is 0 Å². The average Bonchev–Trinajstić information content (AvgIpc) is 3.07. The fourth-order valence-corrected chi connectivity index (χ4v) is 3.16. The summed E-state index contributed by atoms with van der Waals surface area (Å²) in [6, 6.07) is 9.03. The number of nitrogens with two attached hydrogens (primary N) is 1. The fourth-order valence-electron chi connectivity index (χ4n) is 3.00. The monoisotopic (exact) mass is 331 g/mol. The van der Waals surface area contributed by atoms with E-state index < -0.39 is 0 Å². The Bertz CT molecular complexity index is 653. The molecule has 6 heteroatoms. The molecule has 5 nitrogen and oxygen atoms in total. The third-order valence-corrected chi connectivity index (χ3v) is 4.70. The molecule has 23 heavy (non-hydrogen) atoms. The highest BCUT2D eigenvalue weighted by Gasteiger charge is 2.23. The molecule has 3 rings (SSSR count). The smallest absolute Gasteiger partial charge is 0.150 e. The van der Waals surface area contributed by atoms with E-state index in [4.69, 9.17) is 17.3 Å². The predicted octanol–water partition coefficient (Wildman–Crippen LogP) is 3.27. The van der Waals surface area contributed by atoms with Crippen molar-refractivity contribution in [2.45, 2.75) is 25.8 Å². The Kier molecular flexibility index (Phi) is 4.98. The van der Waals surface area contributed by atoms with Gasteiger partial charge in [-0.05, 0) is 38.4 Å². The second kappa shape index (κ2) is 7.15. The van der Waals surface area contributed by atoms with Crippen LogP contribution in [0, 0.1) is 6.92 Å². The first-order chi connectivity index (χ1) is 11.1. The van der Waals surface area contributed by atoms with Gasteiger partial charge < -0.3 is 11.1 Å². The van der Waals surface area contributed by atoms with Crippen molar-refractivity contribution in [1.82, 2.24) is 14.9 Å². The summed E-state index contributed by atoms with van der Waals surface area (Å²) in [7, 11) is 0. The van der Waals surface area contributed by atoms with Crippen LogP contribution in [0.25, 0.3) is 0 Å². The van der Waals surface area contributed by atoms with Crippen LogP contribution in [0.2, 0.25) is 5.02 Å². The molecule has 0 amide bonds. The number of likely N-dealkylation sites (tertiary alicyclic amines) is 1. The summed E-state index contributed by atoms with van der Waals surface area (Å²) in [5, 5.41) is 3.72. The van der Waals surface area contributed by atoms with Gasteiger partial charge in [-0.25, -0.2) is 9.97 Å². The van der Waals surface area contributed by atoms with E-state index in [0.717, 1.165) is 19.6 Å². The first-order valence-corrected chi connectivity index (χ1v) is 8.33. The van der Waals surface area contributed by atoms with E-state index in [1.54, 1.807) is 0 Å². The maximum Gasteiger partial charge on any atom is 0.150 e. The largest absolute Gasteiger partial charge is 0.382 e. The quantitative estimate of drug-likeness (QED) is 0.880. The molecule has 0 spiro atoms. The summed E-state index contributed by atoms with van der Waals surface area (Å²) in [6.07, 6.45) is 3.94. The molecular formula is C17H22ClN5. The second-order valence-corrected chi connectivity index (χ2v) is 6.35. The summed E-state index contributed by atoms with van der Waals surface area (Å²) < 4.78 is 0. The van der Waals surface area contributed by atoms with Gasteiger partial charge in [0, 0.05) is 6.54 Å². The first kappa shape index (κ1) is 16.0. The molecule has 122 valence electrons. The Morgan fingerprint density at radius 2 is 1.91 bits per heavy atom. The van der Waals surface area contributed by atoms with E-state index in [2.05, 4.69) is 51.4 Å². The molecule has 1 saturated heterocycles. The SMILES string of the molecule is Cc1ccc(C(CNc2ncnc(N)c2Cl)N2CCCC2)cc1. The molecule has 0 radical (unpaired) electrons. The highest BCUT2D eigenvalue weighted by molar-refractivity contribution is 6.35. The number of halogens is 1. The number of rotatable bonds is 5. The number of nitrogens with one attached hydrogen (secondary N) is 1. The van der Waals surface area contributed by atoms with Crippen LogP contribution in [0.4, 0.5) is 11.6 Å². The Morgan fingerprint density at radius 3 is 2.61 bits per heavy atom. The van der Waals surface area contributed by atoms with Crippen LogP contribution in [0.5, 0.6) is 0 Å². The number of benzene rings is 1. The number of aromatic nitrogens is 2. The van der Waals surface area contributed by atoms with Crippen LogP contribution in [0.1, 0.15) is 30.0 Å². The van der Waals surface area contributed by atoms with Gasteiger partial charge in [0.15, 0.2) is 5.82 Å². The minimum absolute atomic E-state index is 0.297. The second-order valence-electron chi connectivity index (χ2n) is 5.97. The molecule has 2 aromatic rings. The van der Waals surface area contributed by atoms with Gasteiger partial charge >= 0.3 is 0 Å². The van der Waals surface area contributed by atoms with Gasteiger partial charge in [0.05, 0.1) is 6.04 Å². The Hall–Kier alpha value is -1.85. The number of hydrogen-bond donors (Lipinski definition) is 2. The lowest BCUT2D eigenvalue weighted by Crippen LogP contribution is -2.31. The van der Waals surface area contributed by atoms with Crippen molar-refractivity contribution < 1.29 is 0 Å². The summed E-state index contributed by atoms with van der Waals surface area (Å²) in [5.41, 5.74) is 8.32. The van der Waals surface area contributed by atoms with Gasteiger partial charge in [0.1, 0.15) is 17.2 Å². The Balaban J connectivity index is 1.78. The third-order valence-electron chi connectivity index (χ3n) is 4.32. The zero-order valence-corrected chi connectivity index (χ0v) is 14.1. The molecular weight excluding hydrogens is 310 g/mol. The zero-order chi connectivity index (χ0) is 16.2. The Morgan fingerprint density at radius 1 is 1.22 bits per heavy atom. The van der Waals surface area contributed by atoms with Crippen LogP contribution in [-0.4, -0.2) is 34.5 Å². The molecule has 3 N–H and O–H groups in total. The molecule has 0 aliphatic carbocycles. The molecule has 0 bridgehead atoms. The van der Waals surface area contributed by atoms with Gasteiger partial charge in [0.25, 0.3) is 0 Å². The normalized spacial score (nSPS) is 16.4. The summed E-state index contributed by atoms with van der Waals surface area (Å²) in [6.45, 7) is 5.09. The number of nitrogen functional groups attached to an aromatic ring is 1. The number of nitrogens with zero attached hydrogens (tertiary/aromatic N) is 3. The zero-order valence-electron chi connectivity index (χ0n) is 13.3. The topological polar surface area (TPSA) is 67.1 Å². The van der Waals surface area contributed by atoms with Crippen molar-refractivity contribution >= 4 is 23.2 Å². The van der Waals surface area contributed by atoms with Crippen molar-refractivity contribution in [1.29, 1.82) is 0 Å². The van der Waals surface area contributed by atoms with Crippen LogP contribution >= 0.6 is 11.6 Å². The highest BCUT2D eigenvalue weighted by Crippen LogP contribution is 2.28. The van der Waals surface area contributed by atoms with Crippen molar-refractivity contribution in [2.24, 2.45) is 0 Å². The van der Waals surface area contributed by atoms with Gasteiger partial charge in [-0.3, -0.25) is 4.90 Å². The van der Waals surface area contributed by atoms with Crippen LogP contribution in [0.15, 0.2) is 30.6 Å². The lowest BCUT2D eigenvalue weighted by molar-refractivity contribution is 0.256. The van der Waals surface area contributed by atoms with E-state index in [1.165, 1.54) is 30.3 Å². The molecule has 1 aliphatic heterocycles. The minimum Gasteiger partial charge on any atom is -0.382 e. The molecule has 1 aromatic heterocycles. The number of hydrogen-bond acceptors (Lipinski definition) is 5. The number of aryl methyl sites for hydroxylation is 1. The van der Waals surface area contributed by atoms with Crippen molar-refractivity contribution in [3.05, 3.63) is 46.7 Å². The fraction of sp³-hybridized carbons (Fsp3) is 0.412. The molecule has 0 saturated carbocycles. The van der Waals surface area contributed by atoms with Crippen molar-refractivity contribution in [3.63, 3.8) is 0 Å². The molecule has 1 aliphatic rings. The van der Waals surface area contributed by atoms with E-state index in [0.29, 0.717) is 22.7 Å². The lowest BCUT2D eigenvalue weighted by Gasteiger charge is -2.28. The van der Waals surface area contributed by atoms with Crippen molar-refractivity contribution in [3.8, 4) is 0 Å². The van der Waals surface area contributed by atoms with Crippen LogP contribution in [0.3, 0.4) is 0 Å². The van der Waals surface area contributed by atoms with E-state index >= 15 is 0 Å². The maximum absolute atomic E-state index is 6.18. The molecule has 1 atom stereocenters. The number of anilines is 2. The molecule has 1 aromatic carbocycles. The first-order valence-electron chi connectivity index (χ1n) is 7.95. The molecule has 1 fully saturated rings. The van der Waals surface area contributed by atoms with Crippen molar-refractivity contribution in [2.75, 3.05) is 30.7 Å². The van der Waals surface area contributed by atoms with Gasteiger partial charge in [-0.1, -0.05) is 41.4 Å². The summed E-state index contributed by atoms with van der Waals surface area (Å²) in [5.74, 6) is 0.896. The summed E-state index contributed by atoms with van der Waals surface area (Å²) in [4.78, 5) is 10.6. The lowest BCUT2D eigenvalue weighted by atomic mass is 10.0. The van der Waals surface area contributed by atoms with Gasteiger partial charge in [-0.2, -0.15) is 0 Å².